The Bertz CT molecular complexity index is 337. The minimum Gasteiger partial charge on any atom is -0.330 e. The zero-order chi connectivity index (χ0) is 12.1. The Labute approximate surface area is 103 Å². The number of rotatable bonds is 5. The summed E-state index contributed by atoms with van der Waals surface area (Å²) in [7, 11) is 0. The molecule has 2 N–H and O–H groups in total. The van der Waals surface area contributed by atoms with Gasteiger partial charge in [-0.15, -0.1) is 0 Å². The van der Waals surface area contributed by atoms with Gasteiger partial charge in [-0.25, -0.2) is 4.39 Å². The molecule has 2 rings (SSSR count). The van der Waals surface area contributed by atoms with Crippen LogP contribution < -0.4 is 5.73 Å². The Morgan fingerprint density at radius 3 is 2.76 bits per heavy atom. The molecule has 0 amide bonds. The number of hydrogen-bond acceptors (Lipinski definition) is 2. The van der Waals surface area contributed by atoms with Crippen LogP contribution in [0.4, 0.5) is 4.39 Å². The topological polar surface area (TPSA) is 29.3 Å². The second-order valence-corrected chi connectivity index (χ2v) is 4.82. The van der Waals surface area contributed by atoms with E-state index in [9.17, 15) is 4.39 Å². The van der Waals surface area contributed by atoms with Crippen molar-refractivity contribution in [3.8, 4) is 0 Å². The lowest BCUT2D eigenvalue weighted by atomic mass is 10.1. The Kier molecular flexibility index (Phi) is 4.51. The molecule has 1 aliphatic rings. The fraction of sp³-hybridized carbons (Fsp3) is 0.571. The molecule has 94 valence electrons. The smallest absolute Gasteiger partial charge is 0.123 e. The molecule has 0 spiro atoms. The van der Waals surface area contributed by atoms with Crippen molar-refractivity contribution < 1.29 is 4.39 Å². The van der Waals surface area contributed by atoms with Crippen LogP contribution in [0.15, 0.2) is 24.3 Å². The summed E-state index contributed by atoms with van der Waals surface area (Å²) >= 11 is 0. The van der Waals surface area contributed by atoms with Crippen molar-refractivity contribution >= 4 is 0 Å². The highest BCUT2D eigenvalue weighted by atomic mass is 19.1. The van der Waals surface area contributed by atoms with Crippen molar-refractivity contribution in [2.75, 3.05) is 13.1 Å². The van der Waals surface area contributed by atoms with E-state index < -0.39 is 0 Å². The lowest BCUT2D eigenvalue weighted by molar-refractivity contribution is 0.232. The van der Waals surface area contributed by atoms with E-state index in [0.29, 0.717) is 6.04 Å². The zero-order valence-corrected chi connectivity index (χ0v) is 10.2. The minimum absolute atomic E-state index is 0.158. The number of halogens is 1. The summed E-state index contributed by atoms with van der Waals surface area (Å²) in [5.74, 6) is -0.158. The van der Waals surface area contributed by atoms with Gasteiger partial charge in [0.25, 0.3) is 0 Å². The van der Waals surface area contributed by atoms with Crippen LogP contribution in [0.3, 0.4) is 0 Å². The second-order valence-electron chi connectivity index (χ2n) is 4.82. The van der Waals surface area contributed by atoms with Crippen LogP contribution >= 0.6 is 0 Å². The summed E-state index contributed by atoms with van der Waals surface area (Å²) in [6.45, 7) is 2.88. The molecule has 1 aromatic carbocycles. The number of nitrogens with two attached hydrogens (primary N) is 1. The van der Waals surface area contributed by atoms with Gasteiger partial charge in [0.2, 0.25) is 0 Å². The molecule has 0 bridgehead atoms. The highest BCUT2D eigenvalue weighted by Gasteiger charge is 2.23. The molecule has 0 radical (unpaired) electrons. The number of likely N-dealkylation sites (tertiary alicyclic amines) is 1. The van der Waals surface area contributed by atoms with Crippen LogP contribution in [-0.4, -0.2) is 24.0 Å². The van der Waals surface area contributed by atoms with Gasteiger partial charge in [0.15, 0.2) is 0 Å². The molecular weight excluding hydrogens is 215 g/mol. The van der Waals surface area contributed by atoms with Crippen LogP contribution in [0.1, 0.15) is 31.2 Å². The molecule has 1 atom stereocenters. The van der Waals surface area contributed by atoms with Crippen LogP contribution in [0.5, 0.6) is 0 Å². The summed E-state index contributed by atoms with van der Waals surface area (Å²) in [5, 5.41) is 0. The molecule has 1 heterocycles. The van der Waals surface area contributed by atoms with Gasteiger partial charge in [-0.2, -0.15) is 0 Å². The minimum atomic E-state index is -0.158. The average molecular weight is 236 g/mol. The van der Waals surface area contributed by atoms with E-state index in [1.54, 1.807) is 12.1 Å². The number of benzene rings is 1. The van der Waals surface area contributed by atoms with Crippen molar-refractivity contribution in [3.05, 3.63) is 35.6 Å². The molecular formula is C14H21FN2. The Balaban J connectivity index is 1.90. The summed E-state index contributed by atoms with van der Waals surface area (Å²) in [4.78, 5) is 2.50. The van der Waals surface area contributed by atoms with Crippen molar-refractivity contribution in [3.63, 3.8) is 0 Å². The maximum absolute atomic E-state index is 12.8. The molecule has 1 saturated heterocycles. The van der Waals surface area contributed by atoms with E-state index in [2.05, 4.69) is 4.90 Å². The largest absolute Gasteiger partial charge is 0.330 e. The van der Waals surface area contributed by atoms with Crippen molar-refractivity contribution in [2.45, 2.75) is 38.3 Å². The molecule has 3 heteroatoms. The lowest BCUT2D eigenvalue weighted by Gasteiger charge is -2.24. The van der Waals surface area contributed by atoms with Gasteiger partial charge in [0.05, 0.1) is 0 Å². The van der Waals surface area contributed by atoms with Crippen LogP contribution in [-0.2, 0) is 6.54 Å². The third-order valence-electron chi connectivity index (χ3n) is 3.54. The molecule has 17 heavy (non-hydrogen) atoms. The highest BCUT2D eigenvalue weighted by molar-refractivity contribution is 5.16. The van der Waals surface area contributed by atoms with E-state index in [4.69, 9.17) is 5.73 Å². The third-order valence-corrected chi connectivity index (χ3v) is 3.54. The standard InChI is InChI=1S/C14H21FN2/c15-13-7-5-12(6-8-13)11-17-10-2-4-14(17)3-1-9-16/h5-8,14H,1-4,9-11,16H2. The fourth-order valence-corrected chi connectivity index (χ4v) is 2.61. The summed E-state index contributed by atoms with van der Waals surface area (Å²) in [6, 6.07) is 7.52. The van der Waals surface area contributed by atoms with E-state index in [1.807, 2.05) is 12.1 Å². The van der Waals surface area contributed by atoms with Gasteiger partial charge in [0.1, 0.15) is 5.82 Å². The highest BCUT2D eigenvalue weighted by Crippen LogP contribution is 2.23. The van der Waals surface area contributed by atoms with Crippen molar-refractivity contribution in [1.82, 2.24) is 4.90 Å². The normalized spacial score (nSPS) is 20.9. The lowest BCUT2D eigenvalue weighted by Crippen LogP contribution is -2.29. The third kappa shape index (κ3) is 3.51. The molecule has 1 aliphatic heterocycles. The number of hydrogen-bond donors (Lipinski definition) is 1. The van der Waals surface area contributed by atoms with E-state index in [0.717, 1.165) is 26.1 Å². The maximum Gasteiger partial charge on any atom is 0.123 e. The van der Waals surface area contributed by atoms with Crippen LogP contribution in [0.25, 0.3) is 0 Å². The molecule has 2 nitrogen and oxygen atoms in total. The monoisotopic (exact) mass is 236 g/mol. The molecule has 0 aromatic heterocycles. The van der Waals surface area contributed by atoms with Crippen molar-refractivity contribution in [2.24, 2.45) is 5.73 Å². The first-order valence-electron chi connectivity index (χ1n) is 6.48. The predicted molar refractivity (Wildman–Crippen MR) is 68.1 cm³/mol. The Hall–Kier alpha value is -0.930. The number of nitrogens with zero attached hydrogens (tertiary/aromatic N) is 1. The van der Waals surface area contributed by atoms with Gasteiger partial charge < -0.3 is 5.73 Å². The molecule has 1 unspecified atom stereocenters. The van der Waals surface area contributed by atoms with Crippen LogP contribution in [0, 0.1) is 5.82 Å². The second kappa shape index (κ2) is 6.12. The Morgan fingerprint density at radius 2 is 2.06 bits per heavy atom. The molecule has 1 fully saturated rings. The van der Waals surface area contributed by atoms with E-state index >= 15 is 0 Å². The SMILES string of the molecule is NCCCC1CCCN1Cc1ccc(F)cc1. The van der Waals surface area contributed by atoms with Crippen molar-refractivity contribution in [1.29, 1.82) is 0 Å². The first kappa shape index (κ1) is 12.5. The fourth-order valence-electron chi connectivity index (χ4n) is 2.61. The first-order chi connectivity index (χ1) is 8.29. The quantitative estimate of drug-likeness (QED) is 0.851. The van der Waals surface area contributed by atoms with E-state index in [-0.39, 0.29) is 5.82 Å². The van der Waals surface area contributed by atoms with Gasteiger partial charge in [-0.3, -0.25) is 4.90 Å². The van der Waals surface area contributed by atoms with Gasteiger partial charge in [0, 0.05) is 12.6 Å². The first-order valence-corrected chi connectivity index (χ1v) is 6.48. The summed E-state index contributed by atoms with van der Waals surface area (Å²) in [5.41, 5.74) is 6.76. The zero-order valence-electron chi connectivity index (χ0n) is 10.2. The van der Waals surface area contributed by atoms with Gasteiger partial charge in [-0.1, -0.05) is 12.1 Å². The van der Waals surface area contributed by atoms with Crippen LogP contribution in [0.2, 0.25) is 0 Å². The molecule has 0 saturated carbocycles. The molecule has 1 aromatic rings. The predicted octanol–water partition coefficient (Wildman–Crippen LogP) is 2.53. The summed E-state index contributed by atoms with van der Waals surface area (Å²) < 4.78 is 12.8. The maximum atomic E-state index is 12.8. The average Bonchev–Trinajstić information content (AvgIpc) is 2.77. The Morgan fingerprint density at radius 1 is 1.29 bits per heavy atom. The summed E-state index contributed by atoms with van der Waals surface area (Å²) in [6.07, 6.45) is 4.85. The van der Waals surface area contributed by atoms with Gasteiger partial charge in [-0.05, 0) is 56.5 Å². The molecule has 0 aliphatic carbocycles. The van der Waals surface area contributed by atoms with E-state index in [1.165, 1.54) is 24.8 Å². The van der Waals surface area contributed by atoms with Gasteiger partial charge >= 0.3 is 0 Å².